The van der Waals surface area contributed by atoms with Crippen molar-refractivity contribution < 1.29 is 9.59 Å². The average molecular weight is 368 g/mol. The van der Waals surface area contributed by atoms with Gasteiger partial charge in [0, 0.05) is 18.3 Å². The van der Waals surface area contributed by atoms with Gasteiger partial charge in [-0.25, -0.2) is 0 Å². The number of carbonyl (C=O) groups is 2. The number of para-hydroxylation sites is 1. The Balaban J connectivity index is 1.57. The second kappa shape index (κ2) is 8.26. The number of hydrogen-bond donors (Lipinski definition) is 2. The Morgan fingerprint density at radius 1 is 1.00 bits per heavy atom. The number of tetrazole rings is 1. The molecule has 1 heterocycles. The summed E-state index contributed by atoms with van der Waals surface area (Å²) in [5, 5.41) is 17.6. The molecule has 0 aliphatic carbocycles. The van der Waals surface area contributed by atoms with Gasteiger partial charge < -0.3 is 10.6 Å². The molecule has 3 aromatic rings. The molecule has 0 radical (unpaired) electrons. The van der Waals surface area contributed by atoms with Crippen LogP contribution < -0.4 is 10.6 Å². The first kappa shape index (κ1) is 17.6. The van der Waals surface area contributed by atoms with Crippen LogP contribution in [0.25, 0.3) is 5.69 Å². The molecule has 2 aromatic carbocycles. The molecule has 2 amide bonds. The van der Waals surface area contributed by atoms with Crippen LogP contribution in [0.1, 0.15) is 6.92 Å². The van der Waals surface area contributed by atoms with Crippen molar-refractivity contribution in [3.05, 3.63) is 54.6 Å². The molecule has 0 fully saturated rings. The van der Waals surface area contributed by atoms with E-state index in [0.29, 0.717) is 16.5 Å². The third kappa shape index (κ3) is 4.67. The van der Waals surface area contributed by atoms with Crippen LogP contribution in [0.5, 0.6) is 0 Å². The summed E-state index contributed by atoms with van der Waals surface area (Å²) >= 11 is 1.25. The van der Waals surface area contributed by atoms with E-state index in [2.05, 4.69) is 26.2 Å². The molecule has 0 spiro atoms. The quantitative estimate of drug-likeness (QED) is 0.648. The van der Waals surface area contributed by atoms with Gasteiger partial charge in [-0.3, -0.25) is 9.59 Å². The van der Waals surface area contributed by atoms with Crippen LogP contribution in [0, 0.1) is 0 Å². The molecule has 0 atom stereocenters. The van der Waals surface area contributed by atoms with Gasteiger partial charge in [0.15, 0.2) is 0 Å². The van der Waals surface area contributed by atoms with Gasteiger partial charge in [-0.2, -0.15) is 4.68 Å². The minimum absolute atomic E-state index is 0.144. The first-order chi connectivity index (χ1) is 12.6. The van der Waals surface area contributed by atoms with Gasteiger partial charge in [-0.1, -0.05) is 30.0 Å². The van der Waals surface area contributed by atoms with Crippen molar-refractivity contribution >= 4 is 35.0 Å². The average Bonchev–Trinajstić information content (AvgIpc) is 3.11. The number of anilines is 2. The summed E-state index contributed by atoms with van der Waals surface area (Å²) < 4.78 is 1.58. The monoisotopic (exact) mass is 368 g/mol. The van der Waals surface area contributed by atoms with Crippen molar-refractivity contribution in [3.63, 3.8) is 0 Å². The van der Waals surface area contributed by atoms with E-state index >= 15 is 0 Å². The SMILES string of the molecule is CC(=O)Nc1ccc(NC(=O)CSc2nnnn2-c2ccccc2)cc1. The van der Waals surface area contributed by atoms with Crippen molar-refractivity contribution in [3.8, 4) is 5.69 Å². The number of nitrogens with one attached hydrogen (secondary N) is 2. The maximum absolute atomic E-state index is 12.1. The highest BCUT2D eigenvalue weighted by Crippen LogP contribution is 2.19. The summed E-state index contributed by atoms with van der Waals surface area (Å²) in [6.07, 6.45) is 0. The predicted octanol–water partition coefficient (Wildman–Crippen LogP) is 2.35. The zero-order valence-electron chi connectivity index (χ0n) is 13.9. The van der Waals surface area contributed by atoms with Crippen molar-refractivity contribution in [2.45, 2.75) is 12.1 Å². The molecule has 0 unspecified atom stereocenters. The lowest BCUT2D eigenvalue weighted by Gasteiger charge is -2.07. The van der Waals surface area contributed by atoms with Crippen molar-refractivity contribution in [1.29, 1.82) is 0 Å². The van der Waals surface area contributed by atoms with E-state index in [9.17, 15) is 9.59 Å². The maximum Gasteiger partial charge on any atom is 0.234 e. The first-order valence-corrected chi connectivity index (χ1v) is 8.74. The summed E-state index contributed by atoms with van der Waals surface area (Å²) in [4.78, 5) is 23.1. The highest BCUT2D eigenvalue weighted by molar-refractivity contribution is 7.99. The number of rotatable bonds is 6. The number of benzene rings is 2. The standard InChI is InChI=1S/C17H16N6O2S/c1-12(24)18-13-7-9-14(10-8-13)19-16(25)11-26-17-20-21-22-23(17)15-5-3-2-4-6-15/h2-10H,11H2,1H3,(H,18,24)(H,19,25). The fourth-order valence-corrected chi connectivity index (χ4v) is 2.86. The largest absolute Gasteiger partial charge is 0.326 e. The Kier molecular flexibility index (Phi) is 5.59. The van der Waals surface area contributed by atoms with Crippen LogP contribution in [0.2, 0.25) is 0 Å². The van der Waals surface area contributed by atoms with Crippen LogP contribution in [-0.4, -0.2) is 37.8 Å². The van der Waals surface area contributed by atoms with Crippen LogP contribution in [0.15, 0.2) is 59.8 Å². The smallest absolute Gasteiger partial charge is 0.234 e. The van der Waals surface area contributed by atoms with Crippen molar-refractivity contribution in [2.24, 2.45) is 0 Å². The lowest BCUT2D eigenvalue weighted by Crippen LogP contribution is -2.14. The predicted molar refractivity (Wildman–Crippen MR) is 99.3 cm³/mol. The van der Waals surface area contributed by atoms with E-state index in [4.69, 9.17) is 0 Å². The molecule has 9 heteroatoms. The van der Waals surface area contributed by atoms with E-state index in [0.717, 1.165) is 5.69 Å². The van der Waals surface area contributed by atoms with Crippen LogP contribution >= 0.6 is 11.8 Å². The number of carbonyl (C=O) groups excluding carboxylic acids is 2. The molecule has 132 valence electrons. The van der Waals surface area contributed by atoms with E-state index in [1.807, 2.05) is 30.3 Å². The Bertz CT molecular complexity index is 895. The Morgan fingerprint density at radius 2 is 1.65 bits per heavy atom. The zero-order valence-corrected chi connectivity index (χ0v) is 14.7. The highest BCUT2D eigenvalue weighted by atomic mass is 32.2. The summed E-state index contributed by atoms with van der Waals surface area (Å²) in [6.45, 7) is 1.44. The van der Waals surface area contributed by atoms with E-state index in [1.165, 1.54) is 18.7 Å². The molecule has 0 aliphatic rings. The molecule has 26 heavy (non-hydrogen) atoms. The molecule has 2 N–H and O–H groups in total. The fourth-order valence-electron chi connectivity index (χ4n) is 2.17. The summed E-state index contributed by atoms with van der Waals surface area (Å²) in [6, 6.07) is 16.4. The molecule has 0 aliphatic heterocycles. The van der Waals surface area contributed by atoms with Crippen LogP contribution in [0.3, 0.4) is 0 Å². The van der Waals surface area contributed by atoms with Gasteiger partial charge in [-0.15, -0.1) is 5.10 Å². The van der Waals surface area contributed by atoms with Gasteiger partial charge in [0.05, 0.1) is 11.4 Å². The van der Waals surface area contributed by atoms with E-state index in [-0.39, 0.29) is 17.6 Å². The molecule has 0 bridgehead atoms. The van der Waals surface area contributed by atoms with Gasteiger partial charge in [-0.05, 0) is 46.8 Å². The van der Waals surface area contributed by atoms with Gasteiger partial charge in [0.2, 0.25) is 17.0 Å². The lowest BCUT2D eigenvalue weighted by atomic mass is 10.3. The van der Waals surface area contributed by atoms with E-state index in [1.54, 1.807) is 28.9 Å². The molecule has 0 saturated carbocycles. The van der Waals surface area contributed by atoms with Crippen LogP contribution in [0.4, 0.5) is 11.4 Å². The molecular weight excluding hydrogens is 352 g/mol. The summed E-state index contributed by atoms with van der Waals surface area (Å²) in [7, 11) is 0. The zero-order chi connectivity index (χ0) is 18.4. The third-order valence-corrected chi connectivity index (χ3v) is 4.18. The minimum Gasteiger partial charge on any atom is -0.326 e. The molecule has 3 rings (SSSR count). The Labute approximate surface area is 154 Å². The van der Waals surface area contributed by atoms with Crippen LogP contribution in [-0.2, 0) is 9.59 Å². The number of aromatic nitrogens is 4. The second-order valence-corrected chi connectivity index (χ2v) is 6.25. The van der Waals surface area contributed by atoms with Gasteiger partial charge >= 0.3 is 0 Å². The maximum atomic E-state index is 12.1. The van der Waals surface area contributed by atoms with E-state index < -0.39 is 0 Å². The lowest BCUT2D eigenvalue weighted by molar-refractivity contribution is -0.114. The Hall–Kier alpha value is -3.20. The topological polar surface area (TPSA) is 102 Å². The number of hydrogen-bond acceptors (Lipinski definition) is 6. The Morgan fingerprint density at radius 3 is 2.31 bits per heavy atom. The third-order valence-electron chi connectivity index (χ3n) is 3.26. The molecule has 1 aromatic heterocycles. The summed E-state index contributed by atoms with van der Waals surface area (Å²) in [5.41, 5.74) is 2.15. The van der Waals surface area contributed by atoms with Gasteiger partial charge in [0.25, 0.3) is 0 Å². The van der Waals surface area contributed by atoms with Gasteiger partial charge in [0.1, 0.15) is 0 Å². The number of amides is 2. The number of nitrogens with zero attached hydrogens (tertiary/aromatic N) is 4. The van der Waals surface area contributed by atoms with Crippen molar-refractivity contribution in [2.75, 3.05) is 16.4 Å². The number of thioether (sulfide) groups is 1. The molecule has 0 saturated heterocycles. The molecule has 8 nitrogen and oxygen atoms in total. The second-order valence-electron chi connectivity index (χ2n) is 5.30. The first-order valence-electron chi connectivity index (χ1n) is 7.76. The normalized spacial score (nSPS) is 10.3. The highest BCUT2D eigenvalue weighted by Gasteiger charge is 2.11. The minimum atomic E-state index is -0.176. The summed E-state index contributed by atoms with van der Waals surface area (Å²) in [5.74, 6) is -0.153. The van der Waals surface area contributed by atoms with Crippen molar-refractivity contribution in [1.82, 2.24) is 20.2 Å². The molecular formula is C17H16N6O2S. The fraction of sp³-hybridized carbons (Fsp3) is 0.118.